The molecule has 3 aromatic rings. The Morgan fingerprint density at radius 3 is 2.47 bits per heavy atom. The lowest BCUT2D eigenvalue weighted by atomic mass is 10.0. The lowest BCUT2D eigenvalue weighted by Gasteiger charge is -2.35. The number of aryl methyl sites for hydroxylation is 1. The van der Waals surface area contributed by atoms with Crippen molar-refractivity contribution in [3.63, 3.8) is 0 Å². The number of carbonyl (C=O) groups excluding carboxylic acids is 1. The predicted octanol–water partition coefficient (Wildman–Crippen LogP) is 3.95. The van der Waals surface area contributed by atoms with E-state index in [4.69, 9.17) is 0 Å². The van der Waals surface area contributed by atoms with Crippen molar-refractivity contribution in [2.24, 2.45) is 0 Å². The first-order chi connectivity index (χ1) is 14.7. The highest BCUT2D eigenvalue weighted by Crippen LogP contribution is 2.16. The Morgan fingerprint density at radius 1 is 0.967 bits per heavy atom. The molecule has 4 rings (SSSR count). The monoisotopic (exact) mass is 395 g/mol. The number of amides is 1. The number of pyridine rings is 1. The molecule has 0 radical (unpaired) electrons. The number of aromatic nitrogens is 1. The standard InChI is InChI=1S/C26H25N3O/c1-21-13-14-24(20-23(21)11-7-10-22-8-3-2-4-9-22)26(30)29-18-16-28(17-19-29)25-12-5-6-15-27-25/h2-6,8-9,12-15,20H,10,16-19H2,1H3. The van der Waals surface area contributed by atoms with Gasteiger partial charge in [-0.1, -0.05) is 54.3 Å². The molecule has 0 aliphatic carbocycles. The van der Waals surface area contributed by atoms with Gasteiger partial charge in [0.25, 0.3) is 5.91 Å². The summed E-state index contributed by atoms with van der Waals surface area (Å²) in [5, 5.41) is 0. The van der Waals surface area contributed by atoms with Crippen molar-refractivity contribution in [1.82, 2.24) is 9.88 Å². The maximum absolute atomic E-state index is 13.0. The summed E-state index contributed by atoms with van der Waals surface area (Å²) in [5.74, 6) is 7.53. The molecule has 0 unspecified atom stereocenters. The van der Waals surface area contributed by atoms with Crippen molar-refractivity contribution in [3.05, 3.63) is 95.2 Å². The van der Waals surface area contributed by atoms with Gasteiger partial charge in [-0.2, -0.15) is 0 Å². The minimum atomic E-state index is 0.0711. The van der Waals surface area contributed by atoms with Crippen LogP contribution in [0.4, 0.5) is 5.82 Å². The van der Waals surface area contributed by atoms with Gasteiger partial charge in [-0.05, 0) is 42.3 Å². The molecule has 0 bridgehead atoms. The number of piperazine rings is 1. The Morgan fingerprint density at radius 2 is 1.73 bits per heavy atom. The van der Waals surface area contributed by atoms with Gasteiger partial charge in [0.05, 0.1) is 0 Å². The van der Waals surface area contributed by atoms with E-state index in [2.05, 4.69) is 33.9 Å². The van der Waals surface area contributed by atoms with Crippen LogP contribution in [0.1, 0.15) is 27.0 Å². The third kappa shape index (κ3) is 4.69. The molecule has 0 N–H and O–H groups in total. The summed E-state index contributed by atoms with van der Waals surface area (Å²) >= 11 is 0. The van der Waals surface area contributed by atoms with Crippen LogP contribution < -0.4 is 4.90 Å². The van der Waals surface area contributed by atoms with Crippen molar-refractivity contribution in [2.75, 3.05) is 31.1 Å². The second-order valence-electron chi connectivity index (χ2n) is 7.46. The molecule has 2 aromatic carbocycles. The largest absolute Gasteiger partial charge is 0.353 e. The van der Waals surface area contributed by atoms with Gasteiger partial charge < -0.3 is 9.80 Å². The molecule has 1 amide bonds. The Hall–Kier alpha value is -3.58. The lowest BCUT2D eigenvalue weighted by molar-refractivity contribution is 0.0746. The number of rotatable bonds is 3. The van der Waals surface area contributed by atoms with Gasteiger partial charge in [0, 0.05) is 49.9 Å². The normalized spacial score (nSPS) is 13.5. The number of anilines is 1. The van der Waals surface area contributed by atoms with Gasteiger partial charge in [0.15, 0.2) is 0 Å². The van der Waals surface area contributed by atoms with E-state index in [-0.39, 0.29) is 5.91 Å². The van der Waals surface area contributed by atoms with E-state index in [1.807, 2.05) is 66.4 Å². The molecule has 4 nitrogen and oxygen atoms in total. The second kappa shape index (κ2) is 9.28. The molecule has 4 heteroatoms. The van der Waals surface area contributed by atoms with Crippen LogP contribution >= 0.6 is 0 Å². The Balaban J connectivity index is 1.42. The van der Waals surface area contributed by atoms with Crippen LogP contribution in [0.25, 0.3) is 0 Å². The number of hydrogen-bond acceptors (Lipinski definition) is 3. The van der Waals surface area contributed by atoms with Crippen LogP contribution in [0.2, 0.25) is 0 Å². The SMILES string of the molecule is Cc1ccc(C(=O)N2CCN(c3ccccn3)CC2)cc1C#CCc1ccccc1. The zero-order valence-electron chi connectivity index (χ0n) is 17.2. The number of carbonyl (C=O) groups is 1. The van der Waals surface area contributed by atoms with Crippen LogP contribution in [0.15, 0.2) is 72.9 Å². The van der Waals surface area contributed by atoms with Crippen molar-refractivity contribution in [1.29, 1.82) is 0 Å². The van der Waals surface area contributed by atoms with Gasteiger partial charge in [-0.15, -0.1) is 0 Å². The van der Waals surface area contributed by atoms with E-state index >= 15 is 0 Å². The van der Waals surface area contributed by atoms with Crippen molar-refractivity contribution in [3.8, 4) is 11.8 Å². The summed E-state index contributed by atoms with van der Waals surface area (Å²) in [7, 11) is 0. The third-order valence-corrected chi connectivity index (χ3v) is 5.38. The number of benzene rings is 2. The number of hydrogen-bond donors (Lipinski definition) is 0. The highest BCUT2D eigenvalue weighted by atomic mass is 16.2. The van der Waals surface area contributed by atoms with E-state index in [0.29, 0.717) is 25.1 Å². The smallest absolute Gasteiger partial charge is 0.254 e. The van der Waals surface area contributed by atoms with Crippen LogP contribution in [-0.4, -0.2) is 42.0 Å². The molecule has 2 heterocycles. The summed E-state index contributed by atoms with van der Waals surface area (Å²) < 4.78 is 0. The zero-order valence-corrected chi connectivity index (χ0v) is 17.2. The first kappa shape index (κ1) is 19.7. The van der Waals surface area contributed by atoms with Gasteiger partial charge in [0.2, 0.25) is 0 Å². The van der Waals surface area contributed by atoms with E-state index < -0.39 is 0 Å². The second-order valence-corrected chi connectivity index (χ2v) is 7.46. The van der Waals surface area contributed by atoms with E-state index in [9.17, 15) is 4.79 Å². The van der Waals surface area contributed by atoms with Crippen LogP contribution in [-0.2, 0) is 6.42 Å². The van der Waals surface area contributed by atoms with Crippen molar-refractivity contribution in [2.45, 2.75) is 13.3 Å². The molecular formula is C26H25N3O. The quantitative estimate of drug-likeness (QED) is 0.630. The summed E-state index contributed by atoms with van der Waals surface area (Å²) in [6, 6.07) is 22.0. The molecule has 1 aliphatic heterocycles. The minimum Gasteiger partial charge on any atom is -0.353 e. The van der Waals surface area contributed by atoms with Crippen molar-refractivity contribution < 1.29 is 4.79 Å². The van der Waals surface area contributed by atoms with Gasteiger partial charge in [0.1, 0.15) is 5.82 Å². The summed E-state index contributed by atoms with van der Waals surface area (Å²) in [5.41, 5.74) is 3.91. The van der Waals surface area contributed by atoms with Gasteiger partial charge in [-0.3, -0.25) is 4.79 Å². The fourth-order valence-corrected chi connectivity index (χ4v) is 3.59. The average molecular weight is 396 g/mol. The molecule has 0 saturated carbocycles. The Bertz CT molecular complexity index is 1060. The van der Waals surface area contributed by atoms with Crippen LogP contribution in [0.5, 0.6) is 0 Å². The minimum absolute atomic E-state index is 0.0711. The molecule has 0 atom stereocenters. The fourth-order valence-electron chi connectivity index (χ4n) is 3.59. The Labute approximate surface area is 178 Å². The first-order valence-corrected chi connectivity index (χ1v) is 10.3. The van der Waals surface area contributed by atoms with E-state index in [0.717, 1.165) is 30.0 Å². The molecule has 1 aromatic heterocycles. The average Bonchev–Trinajstić information content (AvgIpc) is 2.81. The lowest BCUT2D eigenvalue weighted by Crippen LogP contribution is -2.49. The van der Waals surface area contributed by atoms with E-state index in [1.54, 1.807) is 6.20 Å². The fraction of sp³-hybridized carbons (Fsp3) is 0.231. The summed E-state index contributed by atoms with van der Waals surface area (Å²) in [6.45, 7) is 5.00. The molecule has 150 valence electrons. The summed E-state index contributed by atoms with van der Waals surface area (Å²) in [6.07, 6.45) is 2.51. The highest BCUT2D eigenvalue weighted by molar-refractivity contribution is 5.95. The first-order valence-electron chi connectivity index (χ1n) is 10.3. The van der Waals surface area contributed by atoms with E-state index in [1.165, 1.54) is 5.56 Å². The predicted molar refractivity (Wildman–Crippen MR) is 121 cm³/mol. The van der Waals surface area contributed by atoms with Crippen molar-refractivity contribution >= 4 is 11.7 Å². The highest BCUT2D eigenvalue weighted by Gasteiger charge is 2.23. The molecule has 1 saturated heterocycles. The summed E-state index contributed by atoms with van der Waals surface area (Å²) in [4.78, 5) is 21.6. The molecule has 1 aliphatic rings. The van der Waals surface area contributed by atoms with Crippen LogP contribution in [0, 0.1) is 18.8 Å². The molecule has 1 fully saturated rings. The third-order valence-electron chi connectivity index (χ3n) is 5.38. The number of nitrogens with zero attached hydrogens (tertiary/aromatic N) is 3. The Kier molecular flexibility index (Phi) is 6.10. The molecular weight excluding hydrogens is 370 g/mol. The molecule has 0 spiro atoms. The zero-order chi connectivity index (χ0) is 20.8. The van der Waals surface area contributed by atoms with Gasteiger partial charge >= 0.3 is 0 Å². The maximum Gasteiger partial charge on any atom is 0.254 e. The van der Waals surface area contributed by atoms with Gasteiger partial charge in [-0.25, -0.2) is 4.98 Å². The maximum atomic E-state index is 13.0. The molecule has 30 heavy (non-hydrogen) atoms. The van der Waals surface area contributed by atoms with Crippen LogP contribution in [0.3, 0.4) is 0 Å². The topological polar surface area (TPSA) is 36.4 Å².